The molecule has 37 heavy (non-hydrogen) atoms. The van der Waals surface area contributed by atoms with Crippen LogP contribution in [0.4, 0.5) is 23.7 Å². The predicted molar refractivity (Wildman–Crippen MR) is 134 cm³/mol. The van der Waals surface area contributed by atoms with Gasteiger partial charge in [0.2, 0.25) is 0 Å². The third-order valence-electron chi connectivity index (χ3n) is 8.59. The van der Waals surface area contributed by atoms with Gasteiger partial charge in [-0.05, 0) is 83.0 Å². The molecule has 2 unspecified atom stereocenters. The summed E-state index contributed by atoms with van der Waals surface area (Å²) in [6.07, 6.45) is -2.74. The SMILES string of the molecule is Cc1ccc(CN2CCCC23CCN(C(=O)OC(C)C(F)(F)F)CC3)c(N2CCCC(C)(C(=O)O)C2)c1. The normalized spacial score (nSPS) is 25.4. The van der Waals surface area contributed by atoms with Crippen molar-refractivity contribution in [1.29, 1.82) is 0 Å². The molecule has 7 nitrogen and oxygen atoms in total. The number of carboxylic acid groups (broad SMARTS) is 1. The summed E-state index contributed by atoms with van der Waals surface area (Å²) < 4.78 is 43.1. The van der Waals surface area contributed by atoms with Crippen LogP contribution in [0.5, 0.6) is 0 Å². The molecule has 1 aromatic rings. The van der Waals surface area contributed by atoms with E-state index in [4.69, 9.17) is 0 Å². The highest BCUT2D eigenvalue weighted by atomic mass is 19.4. The number of alkyl halides is 3. The van der Waals surface area contributed by atoms with Crippen LogP contribution in [0.1, 0.15) is 63.5 Å². The summed E-state index contributed by atoms with van der Waals surface area (Å²) in [5.41, 5.74) is 2.47. The van der Waals surface area contributed by atoms with Crippen molar-refractivity contribution in [1.82, 2.24) is 9.80 Å². The number of ether oxygens (including phenoxy) is 1. The molecule has 3 heterocycles. The molecule has 3 aliphatic rings. The van der Waals surface area contributed by atoms with Crippen molar-refractivity contribution in [2.45, 2.75) is 83.7 Å². The van der Waals surface area contributed by atoms with Gasteiger partial charge in [0, 0.05) is 44.0 Å². The lowest BCUT2D eigenvalue weighted by atomic mass is 9.81. The van der Waals surface area contributed by atoms with Crippen LogP contribution in [0.3, 0.4) is 0 Å². The number of amides is 1. The Morgan fingerprint density at radius 2 is 1.76 bits per heavy atom. The number of carbonyl (C=O) groups is 2. The third-order valence-corrected chi connectivity index (χ3v) is 8.59. The van der Waals surface area contributed by atoms with Crippen LogP contribution in [0.2, 0.25) is 0 Å². The van der Waals surface area contributed by atoms with Crippen LogP contribution >= 0.6 is 0 Å². The first-order valence-electron chi connectivity index (χ1n) is 13.2. The molecule has 0 radical (unpaired) electrons. The minimum atomic E-state index is -4.57. The number of aliphatic carboxylic acids is 1. The Kier molecular flexibility index (Phi) is 7.70. The van der Waals surface area contributed by atoms with Crippen LogP contribution in [-0.4, -0.2) is 77.5 Å². The first kappa shape index (κ1) is 27.5. The Hall–Kier alpha value is -2.49. The second-order valence-corrected chi connectivity index (χ2v) is 11.3. The van der Waals surface area contributed by atoms with Gasteiger partial charge in [0.25, 0.3) is 0 Å². The third kappa shape index (κ3) is 5.84. The zero-order valence-electron chi connectivity index (χ0n) is 21.9. The van der Waals surface area contributed by atoms with Crippen molar-refractivity contribution in [3.63, 3.8) is 0 Å². The first-order valence-corrected chi connectivity index (χ1v) is 13.2. The molecular weight excluding hydrogens is 487 g/mol. The largest absolute Gasteiger partial charge is 0.481 e. The van der Waals surface area contributed by atoms with Gasteiger partial charge in [-0.1, -0.05) is 12.1 Å². The van der Waals surface area contributed by atoms with Crippen LogP contribution in [0.25, 0.3) is 0 Å². The standard InChI is InChI=1S/C27H38F3N3O4/c1-19-6-7-21(22(16-19)32-12-4-8-25(3,18-32)23(34)35)17-33-13-5-9-26(33)10-14-31(15-11-26)24(36)37-20(2)27(28,29)30/h6-7,16,20H,4-5,8-15,17-18H2,1-3H3,(H,34,35). The fourth-order valence-corrected chi connectivity index (χ4v) is 6.13. The van der Waals surface area contributed by atoms with Gasteiger partial charge in [-0.3, -0.25) is 9.69 Å². The number of benzene rings is 1. The molecule has 0 saturated carbocycles. The average Bonchev–Trinajstić information content (AvgIpc) is 3.21. The van der Waals surface area contributed by atoms with E-state index in [-0.39, 0.29) is 5.54 Å². The highest BCUT2D eigenvalue weighted by molar-refractivity contribution is 5.76. The quantitative estimate of drug-likeness (QED) is 0.570. The number of nitrogens with zero attached hydrogens (tertiary/aromatic N) is 3. The number of likely N-dealkylation sites (tertiary alicyclic amines) is 2. The summed E-state index contributed by atoms with van der Waals surface area (Å²) in [4.78, 5) is 30.3. The van der Waals surface area contributed by atoms with E-state index in [0.29, 0.717) is 45.4 Å². The smallest absolute Gasteiger partial charge is 0.425 e. The fraction of sp³-hybridized carbons (Fsp3) is 0.704. The van der Waals surface area contributed by atoms with Crippen molar-refractivity contribution >= 4 is 17.7 Å². The number of rotatable bonds is 5. The Labute approximate surface area is 216 Å². The molecule has 2 atom stereocenters. The maximum absolute atomic E-state index is 12.8. The van der Waals surface area contributed by atoms with Crippen molar-refractivity contribution in [3.8, 4) is 0 Å². The molecule has 1 aromatic carbocycles. The maximum Gasteiger partial charge on any atom is 0.425 e. The summed E-state index contributed by atoms with van der Waals surface area (Å²) >= 11 is 0. The van der Waals surface area contributed by atoms with Crippen LogP contribution in [-0.2, 0) is 16.1 Å². The summed E-state index contributed by atoms with van der Waals surface area (Å²) in [7, 11) is 0. The molecule has 3 aliphatic heterocycles. The fourth-order valence-electron chi connectivity index (χ4n) is 6.13. The number of hydrogen-bond donors (Lipinski definition) is 1. The highest BCUT2D eigenvalue weighted by Crippen LogP contribution is 2.41. The molecule has 1 N–H and O–H groups in total. The zero-order valence-corrected chi connectivity index (χ0v) is 21.9. The molecular formula is C27H38F3N3O4. The number of halogens is 3. The summed E-state index contributed by atoms with van der Waals surface area (Å²) in [5, 5.41) is 9.80. The van der Waals surface area contributed by atoms with Gasteiger partial charge in [-0.25, -0.2) is 4.79 Å². The summed E-state index contributed by atoms with van der Waals surface area (Å²) in [5.74, 6) is -0.764. The lowest BCUT2D eigenvalue weighted by molar-refractivity contribution is -0.200. The molecule has 10 heteroatoms. The van der Waals surface area contributed by atoms with E-state index in [9.17, 15) is 27.9 Å². The number of aryl methyl sites for hydroxylation is 1. The van der Waals surface area contributed by atoms with Crippen LogP contribution in [0.15, 0.2) is 18.2 Å². The topological polar surface area (TPSA) is 73.3 Å². The molecule has 0 aromatic heterocycles. The van der Waals surface area contributed by atoms with E-state index in [0.717, 1.165) is 56.1 Å². The molecule has 206 valence electrons. The van der Waals surface area contributed by atoms with Gasteiger partial charge in [0.05, 0.1) is 5.41 Å². The molecule has 0 bridgehead atoms. The number of carbonyl (C=O) groups excluding carboxylic acids is 1. The Morgan fingerprint density at radius 3 is 2.41 bits per heavy atom. The highest BCUT2D eigenvalue weighted by Gasteiger charge is 2.46. The molecule has 1 amide bonds. The number of piperidine rings is 2. The maximum atomic E-state index is 12.8. The number of carboxylic acids is 1. The van der Waals surface area contributed by atoms with Gasteiger partial charge in [0.1, 0.15) is 0 Å². The molecule has 1 spiro atoms. The number of hydrogen-bond acceptors (Lipinski definition) is 5. The minimum absolute atomic E-state index is 0.105. The molecule has 0 aliphatic carbocycles. The minimum Gasteiger partial charge on any atom is -0.481 e. The van der Waals surface area contributed by atoms with E-state index in [1.165, 1.54) is 4.90 Å². The van der Waals surface area contributed by atoms with Crippen LogP contribution < -0.4 is 4.90 Å². The zero-order chi connectivity index (χ0) is 27.0. The van der Waals surface area contributed by atoms with E-state index < -0.39 is 29.8 Å². The molecule has 4 rings (SSSR count). The first-order chi connectivity index (χ1) is 17.3. The lowest BCUT2D eigenvalue weighted by Crippen LogP contribution is -2.53. The second kappa shape index (κ2) is 10.3. The van der Waals surface area contributed by atoms with Crippen molar-refractivity contribution in [2.75, 3.05) is 37.6 Å². The van der Waals surface area contributed by atoms with Gasteiger partial charge < -0.3 is 19.6 Å². The van der Waals surface area contributed by atoms with Crippen LogP contribution in [0, 0.1) is 12.3 Å². The van der Waals surface area contributed by atoms with E-state index >= 15 is 0 Å². The molecule has 3 fully saturated rings. The van der Waals surface area contributed by atoms with Crippen molar-refractivity contribution < 1.29 is 32.6 Å². The second-order valence-electron chi connectivity index (χ2n) is 11.3. The summed E-state index contributed by atoms with van der Waals surface area (Å²) in [6.45, 7) is 8.35. The Bertz CT molecular complexity index is 1010. The molecule has 3 saturated heterocycles. The number of anilines is 1. The van der Waals surface area contributed by atoms with E-state index in [1.54, 1.807) is 0 Å². The van der Waals surface area contributed by atoms with Gasteiger partial charge in [0.15, 0.2) is 6.10 Å². The Morgan fingerprint density at radius 1 is 1.08 bits per heavy atom. The average molecular weight is 526 g/mol. The lowest BCUT2D eigenvalue weighted by Gasteiger charge is -2.45. The van der Waals surface area contributed by atoms with E-state index in [2.05, 4.69) is 32.7 Å². The van der Waals surface area contributed by atoms with Gasteiger partial charge in [-0.2, -0.15) is 13.2 Å². The van der Waals surface area contributed by atoms with Crippen molar-refractivity contribution in [3.05, 3.63) is 29.3 Å². The predicted octanol–water partition coefficient (Wildman–Crippen LogP) is 5.20. The van der Waals surface area contributed by atoms with E-state index in [1.807, 2.05) is 13.8 Å². The van der Waals surface area contributed by atoms with Gasteiger partial charge >= 0.3 is 18.2 Å². The Balaban J connectivity index is 1.46. The summed E-state index contributed by atoms with van der Waals surface area (Å²) in [6, 6.07) is 6.36. The van der Waals surface area contributed by atoms with Crippen molar-refractivity contribution in [2.24, 2.45) is 5.41 Å². The monoisotopic (exact) mass is 525 g/mol. The van der Waals surface area contributed by atoms with Gasteiger partial charge in [-0.15, -0.1) is 0 Å².